The number of halogens is 3. The highest BCUT2D eigenvalue weighted by molar-refractivity contribution is 6.01. The van der Waals surface area contributed by atoms with Crippen LogP contribution in [0.3, 0.4) is 0 Å². The summed E-state index contributed by atoms with van der Waals surface area (Å²) in [7, 11) is 1.75. The van der Waals surface area contributed by atoms with Gasteiger partial charge in [0.15, 0.2) is 5.78 Å². The van der Waals surface area contributed by atoms with Crippen molar-refractivity contribution in [3.05, 3.63) is 142 Å². The van der Waals surface area contributed by atoms with E-state index in [9.17, 15) is 27.9 Å². The van der Waals surface area contributed by atoms with Crippen LogP contribution in [0.1, 0.15) is 87.2 Å². The van der Waals surface area contributed by atoms with Gasteiger partial charge >= 0.3 is 6.18 Å². The average molecular weight is 672 g/mol. The van der Waals surface area contributed by atoms with Crippen LogP contribution in [0.15, 0.2) is 103 Å². The van der Waals surface area contributed by atoms with Crippen LogP contribution in [0.5, 0.6) is 0 Å². The number of nitrogens with zero attached hydrogens (tertiary/aromatic N) is 1. The SMILES string of the molecule is Cc1cc(C(=O)C[C@@H](Cc2ccccc2)[C@H](O)CCC2(c3cccc(C(F)(F)F)c3)CCOC2)cc(C(=O)N(C)[C@H](C)c2ccccc2)c1. The second kappa shape index (κ2) is 15.5. The molecule has 0 saturated carbocycles. The zero-order valence-electron chi connectivity index (χ0n) is 28.2. The Hall–Kier alpha value is -4.27. The molecule has 0 spiro atoms. The summed E-state index contributed by atoms with van der Waals surface area (Å²) in [5, 5.41) is 11.7. The Bertz CT molecular complexity index is 1720. The van der Waals surface area contributed by atoms with Crippen molar-refractivity contribution in [2.75, 3.05) is 20.3 Å². The van der Waals surface area contributed by atoms with Gasteiger partial charge in [-0.1, -0.05) is 78.9 Å². The molecule has 1 aliphatic rings. The van der Waals surface area contributed by atoms with Crippen molar-refractivity contribution in [1.29, 1.82) is 0 Å². The minimum absolute atomic E-state index is 0.0382. The van der Waals surface area contributed by atoms with Crippen molar-refractivity contribution in [2.45, 2.75) is 69.7 Å². The molecule has 1 aliphatic heterocycles. The third-order valence-corrected chi connectivity index (χ3v) is 9.99. The van der Waals surface area contributed by atoms with Crippen LogP contribution in [-0.4, -0.2) is 48.1 Å². The Kier molecular flexibility index (Phi) is 11.4. The van der Waals surface area contributed by atoms with Gasteiger partial charge < -0.3 is 14.7 Å². The molecule has 1 unspecified atom stereocenters. The fourth-order valence-electron chi connectivity index (χ4n) is 6.88. The van der Waals surface area contributed by atoms with Gasteiger partial charge in [-0.15, -0.1) is 0 Å². The molecule has 1 amide bonds. The van der Waals surface area contributed by atoms with E-state index in [1.54, 1.807) is 36.2 Å². The fourth-order valence-corrected chi connectivity index (χ4v) is 6.88. The van der Waals surface area contributed by atoms with E-state index >= 15 is 0 Å². The van der Waals surface area contributed by atoms with E-state index < -0.39 is 29.2 Å². The van der Waals surface area contributed by atoms with E-state index in [1.165, 1.54) is 12.1 Å². The van der Waals surface area contributed by atoms with E-state index in [-0.39, 0.29) is 37.2 Å². The van der Waals surface area contributed by atoms with Gasteiger partial charge in [0.2, 0.25) is 0 Å². The number of aliphatic hydroxyl groups is 1. The summed E-state index contributed by atoms with van der Waals surface area (Å²) in [4.78, 5) is 29.2. The number of carbonyl (C=O) groups is 2. The topological polar surface area (TPSA) is 66.8 Å². The number of ketones is 1. The average Bonchev–Trinajstić information content (AvgIpc) is 3.60. The van der Waals surface area contributed by atoms with Gasteiger partial charge in [-0.25, -0.2) is 0 Å². The molecule has 1 fully saturated rings. The van der Waals surface area contributed by atoms with Crippen LogP contribution in [0, 0.1) is 12.8 Å². The molecule has 1 N–H and O–H groups in total. The molecule has 0 aliphatic carbocycles. The van der Waals surface area contributed by atoms with Gasteiger partial charge in [-0.2, -0.15) is 13.2 Å². The lowest BCUT2D eigenvalue weighted by Gasteiger charge is -2.31. The van der Waals surface area contributed by atoms with E-state index in [2.05, 4.69) is 0 Å². The Morgan fingerprint density at radius 2 is 1.59 bits per heavy atom. The van der Waals surface area contributed by atoms with Gasteiger partial charge in [0, 0.05) is 36.6 Å². The molecule has 8 heteroatoms. The number of hydrogen-bond donors (Lipinski definition) is 1. The van der Waals surface area contributed by atoms with Crippen molar-refractivity contribution in [2.24, 2.45) is 5.92 Å². The second-order valence-electron chi connectivity index (χ2n) is 13.4. The first kappa shape index (κ1) is 36.0. The Balaban J connectivity index is 1.35. The molecule has 49 heavy (non-hydrogen) atoms. The maximum Gasteiger partial charge on any atom is 0.416 e. The Labute approximate surface area is 286 Å². The monoisotopic (exact) mass is 671 g/mol. The first-order chi connectivity index (χ1) is 23.4. The number of aryl methyl sites for hydroxylation is 1. The number of aliphatic hydroxyl groups excluding tert-OH is 1. The number of carbonyl (C=O) groups excluding carboxylic acids is 2. The standard InChI is InChI=1S/C41H44F3NO4/c1-28-21-32(24-34(22-28)39(48)45(3)29(2)31-13-8-5-9-14-31)38(47)25-33(23-30-11-6-4-7-12-30)37(46)17-18-40(19-20-49-27-40)35-15-10-16-36(26-35)41(42,43)44/h4-16,21-22,24,26,29,33,37,46H,17-20,23,25,27H2,1-3H3/t29-,33-,37-,40?/m1/s1. The summed E-state index contributed by atoms with van der Waals surface area (Å²) in [6, 6.07) is 29.7. The summed E-state index contributed by atoms with van der Waals surface area (Å²) in [6.07, 6.45) is -3.66. The number of benzene rings is 4. The highest BCUT2D eigenvalue weighted by atomic mass is 19.4. The summed E-state index contributed by atoms with van der Waals surface area (Å²) in [6.45, 7) is 4.49. The second-order valence-corrected chi connectivity index (χ2v) is 13.4. The van der Waals surface area contributed by atoms with Crippen LogP contribution in [0.4, 0.5) is 13.2 Å². The van der Waals surface area contributed by atoms with Crippen molar-refractivity contribution in [1.82, 2.24) is 4.90 Å². The molecule has 4 atom stereocenters. The highest BCUT2D eigenvalue weighted by Gasteiger charge is 2.40. The Morgan fingerprint density at radius 3 is 2.24 bits per heavy atom. The van der Waals surface area contributed by atoms with Crippen LogP contribution < -0.4 is 0 Å². The number of amides is 1. The first-order valence-electron chi connectivity index (χ1n) is 16.8. The zero-order valence-corrected chi connectivity index (χ0v) is 28.2. The summed E-state index contributed by atoms with van der Waals surface area (Å²) in [5.74, 6) is -0.849. The molecule has 1 heterocycles. The third-order valence-electron chi connectivity index (χ3n) is 9.99. The van der Waals surface area contributed by atoms with Gasteiger partial charge in [0.05, 0.1) is 24.3 Å². The molecule has 5 nitrogen and oxygen atoms in total. The van der Waals surface area contributed by atoms with E-state index in [0.29, 0.717) is 42.6 Å². The molecular formula is C41H44F3NO4. The molecule has 0 aromatic heterocycles. The molecule has 5 rings (SSSR count). The summed E-state index contributed by atoms with van der Waals surface area (Å²) < 4.78 is 46.5. The minimum atomic E-state index is -4.47. The molecular weight excluding hydrogens is 627 g/mol. The van der Waals surface area contributed by atoms with Gasteiger partial charge in [0.1, 0.15) is 0 Å². The number of rotatable bonds is 13. The van der Waals surface area contributed by atoms with Crippen LogP contribution in [0.25, 0.3) is 0 Å². The van der Waals surface area contributed by atoms with Crippen LogP contribution in [-0.2, 0) is 22.7 Å². The molecule has 1 saturated heterocycles. The van der Waals surface area contributed by atoms with E-state index in [1.807, 2.05) is 74.5 Å². The maximum absolute atomic E-state index is 13.9. The lowest BCUT2D eigenvalue weighted by molar-refractivity contribution is -0.137. The Morgan fingerprint density at radius 1 is 0.918 bits per heavy atom. The summed E-state index contributed by atoms with van der Waals surface area (Å²) >= 11 is 0. The summed E-state index contributed by atoms with van der Waals surface area (Å²) in [5.41, 5.74) is 2.73. The molecule has 0 radical (unpaired) electrons. The quantitative estimate of drug-likeness (QED) is 0.144. The molecule has 4 aromatic rings. The molecule has 0 bridgehead atoms. The smallest absolute Gasteiger partial charge is 0.393 e. The zero-order chi connectivity index (χ0) is 35.2. The lowest BCUT2D eigenvalue weighted by atomic mass is 9.74. The third kappa shape index (κ3) is 8.86. The normalized spacial score (nSPS) is 18.1. The maximum atomic E-state index is 13.9. The largest absolute Gasteiger partial charge is 0.416 e. The van der Waals surface area contributed by atoms with E-state index in [4.69, 9.17) is 4.74 Å². The van der Waals surface area contributed by atoms with Crippen molar-refractivity contribution in [3.8, 4) is 0 Å². The fraction of sp³-hybridized carbons (Fsp3) is 0.366. The predicted molar refractivity (Wildman–Crippen MR) is 185 cm³/mol. The van der Waals surface area contributed by atoms with Crippen molar-refractivity contribution >= 4 is 11.7 Å². The number of hydrogen-bond acceptors (Lipinski definition) is 4. The van der Waals surface area contributed by atoms with Crippen molar-refractivity contribution < 1.29 is 32.6 Å². The van der Waals surface area contributed by atoms with Gasteiger partial charge in [-0.3, -0.25) is 9.59 Å². The van der Waals surface area contributed by atoms with Crippen molar-refractivity contribution in [3.63, 3.8) is 0 Å². The van der Waals surface area contributed by atoms with Crippen LogP contribution >= 0.6 is 0 Å². The first-order valence-corrected chi connectivity index (χ1v) is 16.8. The minimum Gasteiger partial charge on any atom is -0.393 e. The van der Waals surface area contributed by atoms with E-state index in [0.717, 1.165) is 22.8 Å². The van der Waals surface area contributed by atoms with Gasteiger partial charge in [-0.05, 0) is 92.0 Å². The molecule has 4 aromatic carbocycles. The highest BCUT2D eigenvalue weighted by Crippen LogP contribution is 2.41. The lowest BCUT2D eigenvalue weighted by Crippen LogP contribution is -2.32. The van der Waals surface area contributed by atoms with Crippen LogP contribution in [0.2, 0.25) is 0 Å². The number of Topliss-reactive ketones (excluding diaryl/α,β-unsaturated/α-hetero) is 1. The predicted octanol–water partition coefficient (Wildman–Crippen LogP) is 8.78. The van der Waals surface area contributed by atoms with Gasteiger partial charge in [0.25, 0.3) is 5.91 Å². The molecule has 258 valence electrons. The number of ether oxygens (including phenoxy) is 1. The number of alkyl halides is 3.